The van der Waals surface area contributed by atoms with E-state index in [2.05, 4.69) is 41.5 Å². The van der Waals surface area contributed by atoms with Crippen LogP contribution in [0.2, 0.25) is 0 Å². The second-order valence-corrected chi connectivity index (χ2v) is 6.07. The van der Waals surface area contributed by atoms with Crippen molar-refractivity contribution in [2.45, 2.75) is 9.79 Å². The summed E-state index contributed by atoms with van der Waals surface area (Å²) in [6, 6.07) is 14.3. The van der Waals surface area contributed by atoms with Gasteiger partial charge in [0.15, 0.2) is 0 Å². The van der Waals surface area contributed by atoms with Crippen LogP contribution < -0.4 is 10.6 Å². The van der Waals surface area contributed by atoms with Gasteiger partial charge in [0.2, 0.25) is 0 Å². The summed E-state index contributed by atoms with van der Waals surface area (Å²) >= 11 is 10.9. The molecule has 0 bridgehead atoms. The number of thiocarbonyl (C=S) groups is 1. The Kier molecular flexibility index (Phi) is 3.20. The van der Waals surface area contributed by atoms with Crippen molar-refractivity contribution < 1.29 is 0 Å². The van der Waals surface area contributed by atoms with Gasteiger partial charge in [-0.15, -0.1) is 12.6 Å². The van der Waals surface area contributed by atoms with Crippen molar-refractivity contribution in [3.63, 3.8) is 0 Å². The molecule has 0 aliphatic carbocycles. The molecule has 0 radical (unpaired) electrons. The van der Waals surface area contributed by atoms with Crippen LogP contribution in [0.5, 0.6) is 0 Å². The predicted octanol–water partition coefficient (Wildman–Crippen LogP) is 4.52. The highest BCUT2D eigenvalue weighted by Gasteiger charge is 2.17. The fourth-order valence-electron chi connectivity index (χ4n) is 1.88. The van der Waals surface area contributed by atoms with Crippen LogP contribution in [0.4, 0.5) is 17.1 Å². The lowest BCUT2D eigenvalue weighted by Gasteiger charge is -2.23. The maximum absolute atomic E-state index is 4.98. The standard InChI is InChI=1S/C13H10N2S3/c16-13(17)15-9-5-3-7-11-12(9)14-8-4-1-2-6-10(8)18-11/h1-7,14H,(H2,15,16,17). The van der Waals surface area contributed by atoms with Crippen LogP contribution in [0.25, 0.3) is 0 Å². The molecule has 0 amide bonds. The Balaban J connectivity index is 2.04. The highest BCUT2D eigenvalue weighted by Crippen LogP contribution is 2.46. The lowest BCUT2D eigenvalue weighted by Crippen LogP contribution is -2.07. The predicted molar refractivity (Wildman–Crippen MR) is 85.5 cm³/mol. The van der Waals surface area contributed by atoms with E-state index in [0.29, 0.717) is 4.32 Å². The van der Waals surface area contributed by atoms with Crippen molar-refractivity contribution in [1.29, 1.82) is 0 Å². The zero-order chi connectivity index (χ0) is 12.5. The third-order valence-corrected chi connectivity index (χ3v) is 3.98. The van der Waals surface area contributed by atoms with E-state index in [1.165, 1.54) is 9.79 Å². The van der Waals surface area contributed by atoms with Gasteiger partial charge in [-0.1, -0.05) is 42.2 Å². The highest BCUT2D eigenvalue weighted by molar-refractivity contribution is 8.11. The molecule has 1 heterocycles. The van der Waals surface area contributed by atoms with Crippen molar-refractivity contribution >= 4 is 58.0 Å². The average Bonchev–Trinajstić information content (AvgIpc) is 2.36. The Morgan fingerprint density at radius 2 is 1.89 bits per heavy atom. The molecule has 0 aromatic heterocycles. The normalized spacial score (nSPS) is 12.1. The van der Waals surface area contributed by atoms with Crippen LogP contribution in [-0.2, 0) is 0 Å². The molecule has 2 nitrogen and oxygen atoms in total. The SMILES string of the molecule is S=C(S)Nc1cccc2c1Nc1ccccc1S2. The first-order valence-electron chi connectivity index (χ1n) is 5.41. The van der Waals surface area contributed by atoms with Crippen LogP contribution in [0.15, 0.2) is 52.3 Å². The number of para-hydroxylation sites is 2. The maximum Gasteiger partial charge on any atom is 0.135 e. The van der Waals surface area contributed by atoms with Crippen LogP contribution in [0.3, 0.4) is 0 Å². The smallest absolute Gasteiger partial charge is 0.135 e. The van der Waals surface area contributed by atoms with Gasteiger partial charge in [-0.05, 0) is 24.3 Å². The average molecular weight is 290 g/mol. The molecule has 1 aliphatic rings. The van der Waals surface area contributed by atoms with Crippen molar-refractivity contribution in [1.82, 2.24) is 0 Å². The lowest BCUT2D eigenvalue weighted by atomic mass is 10.2. The van der Waals surface area contributed by atoms with Gasteiger partial charge < -0.3 is 10.6 Å². The highest BCUT2D eigenvalue weighted by atomic mass is 32.2. The second kappa shape index (κ2) is 4.84. The Hall–Kier alpha value is -1.17. The summed E-state index contributed by atoms with van der Waals surface area (Å²) in [5.74, 6) is 0. The Bertz CT molecular complexity index is 625. The largest absolute Gasteiger partial charge is 0.352 e. The van der Waals surface area contributed by atoms with Gasteiger partial charge in [0.1, 0.15) is 4.32 Å². The van der Waals surface area contributed by atoms with E-state index in [-0.39, 0.29) is 0 Å². The summed E-state index contributed by atoms with van der Waals surface area (Å²) in [4.78, 5) is 2.42. The number of rotatable bonds is 1. The summed E-state index contributed by atoms with van der Waals surface area (Å²) in [6.45, 7) is 0. The van der Waals surface area contributed by atoms with E-state index in [1.807, 2.05) is 24.3 Å². The zero-order valence-electron chi connectivity index (χ0n) is 9.31. The lowest BCUT2D eigenvalue weighted by molar-refractivity contribution is 1.32. The second-order valence-electron chi connectivity index (χ2n) is 3.83. The molecule has 3 rings (SSSR count). The van der Waals surface area contributed by atoms with Gasteiger partial charge in [0.05, 0.1) is 17.1 Å². The first-order chi connectivity index (χ1) is 8.74. The van der Waals surface area contributed by atoms with Gasteiger partial charge in [-0.25, -0.2) is 0 Å². The van der Waals surface area contributed by atoms with Crippen molar-refractivity contribution in [3.05, 3.63) is 42.5 Å². The van der Waals surface area contributed by atoms with E-state index < -0.39 is 0 Å². The molecule has 18 heavy (non-hydrogen) atoms. The molecule has 90 valence electrons. The van der Waals surface area contributed by atoms with E-state index in [9.17, 15) is 0 Å². The van der Waals surface area contributed by atoms with Gasteiger partial charge >= 0.3 is 0 Å². The molecule has 0 spiro atoms. The van der Waals surface area contributed by atoms with Gasteiger partial charge in [0, 0.05) is 9.79 Å². The fraction of sp³-hybridized carbons (Fsp3) is 0. The van der Waals surface area contributed by atoms with Gasteiger partial charge in [0.25, 0.3) is 0 Å². The van der Waals surface area contributed by atoms with Crippen LogP contribution in [0, 0.1) is 0 Å². The number of hydrogen-bond acceptors (Lipinski definition) is 3. The third kappa shape index (κ3) is 2.21. The maximum atomic E-state index is 4.98. The molecule has 2 aromatic carbocycles. The summed E-state index contributed by atoms with van der Waals surface area (Å²) in [7, 11) is 0. The number of anilines is 3. The van der Waals surface area contributed by atoms with Crippen LogP contribution in [-0.4, -0.2) is 4.32 Å². The molecule has 1 aliphatic heterocycles. The van der Waals surface area contributed by atoms with Crippen molar-refractivity contribution in [2.24, 2.45) is 0 Å². The number of nitrogens with one attached hydrogen (secondary N) is 2. The van der Waals surface area contributed by atoms with E-state index in [4.69, 9.17) is 12.2 Å². The van der Waals surface area contributed by atoms with E-state index in [0.717, 1.165) is 17.1 Å². The fourth-order valence-corrected chi connectivity index (χ4v) is 3.13. The van der Waals surface area contributed by atoms with Crippen LogP contribution >= 0.6 is 36.6 Å². The molecule has 0 fully saturated rings. The molecular weight excluding hydrogens is 280 g/mol. The number of thiol groups is 1. The molecule has 0 atom stereocenters. The summed E-state index contributed by atoms with van der Waals surface area (Å²) in [5.41, 5.74) is 3.13. The first kappa shape index (κ1) is 11.9. The molecule has 0 saturated heterocycles. The van der Waals surface area contributed by atoms with E-state index >= 15 is 0 Å². The van der Waals surface area contributed by atoms with Crippen LogP contribution in [0.1, 0.15) is 0 Å². The van der Waals surface area contributed by atoms with Gasteiger partial charge in [-0.3, -0.25) is 0 Å². The minimum absolute atomic E-state index is 0.467. The minimum atomic E-state index is 0.467. The Labute approximate surface area is 121 Å². The zero-order valence-corrected chi connectivity index (χ0v) is 11.8. The minimum Gasteiger partial charge on any atom is -0.352 e. The molecular formula is C13H10N2S3. The molecule has 0 unspecified atom stereocenters. The van der Waals surface area contributed by atoms with Crippen molar-refractivity contribution in [2.75, 3.05) is 10.6 Å². The molecule has 0 saturated carbocycles. The van der Waals surface area contributed by atoms with Gasteiger partial charge in [-0.2, -0.15) is 0 Å². The molecule has 5 heteroatoms. The Morgan fingerprint density at radius 1 is 1.11 bits per heavy atom. The first-order valence-corrected chi connectivity index (χ1v) is 7.08. The quantitative estimate of drug-likeness (QED) is 0.453. The third-order valence-electron chi connectivity index (χ3n) is 2.63. The summed E-state index contributed by atoms with van der Waals surface area (Å²) < 4.78 is 0.467. The number of hydrogen-bond donors (Lipinski definition) is 3. The monoisotopic (exact) mass is 290 g/mol. The van der Waals surface area contributed by atoms with Crippen molar-refractivity contribution in [3.8, 4) is 0 Å². The number of fused-ring (bicyclic) bond motifs is 2. The molecule has 2 N–H and O–H groups in total. The van der Waals surface area contributed by atoms with E-state index in [1.54, 1.807) is 11.8 Å². The number of benzene rings is 2. The topological polar surface area (TPSA) is 24.1 Å². The Morgan fingerprint density at radius 3 is 2.72 bits per heavy atom. The molecule has 2 aromatic rings. The summed E-state index contributed by atoms with van der Waals surface area (Å²) in [6.07, 6.45) is 0. The summed E-state index contributed by atoms with van der Waals surface area (Å²) in [5, 5.41) is 6.52.